The molecule has 0 spiro atoms. The number of nitrogens with two attached hydrogens (primary N) is 1. The number of alkyl halides is 2. The standard InChI is InChI=1S/C12H20F2N2O/c13-12(14)5-1-9(2-6-12)11(17)16-7-3-10(15)4-8-16/h9-10H,1-8,15H2. The number of nitrogens with zero attached hydrogens (tertiary/aromatic N) is 1. The van der Waals surface area contributed by atoms with E-state index in [0.717, 1.165) is 12.8 Å². The molecule has 1 aliphatic carbocycles. The van der Waals surface area contributed by atoms with Crippen LogP contribution in [0.4, 0.5) is 8.78 Å². The molecule has 1 amide bonds. The third-order valence-electron chi connectivity index (χ3n) is 3.92. The van der Waals surface area contributed by atoms with Gasteiger partial charge < -0.3 is 10.6 Å². The Morgan fingerprint density at radius 2 is 1.65 bits per heavy atom. The third-order valence-corrected chi connectivity index (χ3v) is 3.92. The van der Waals surface area contributed by atoms with Crippen LogP contribution in [0.15, 0.2) is 0 Å². The van der Waals surface area contributed by atoms with Gasteiger partial charge in [0, 0.05) is 37.9 Å². The minimum absolute atomic E-state index is 0.0624. The summed E-state index contributed by atoms with van der Waals surface area (Å²) in [6.07, 6.45) is 2.03. The van der Waals surface area contributed by atoms with E-state index in [1.54, 1.807) is 4.90 Å². The first kappa shape index (κ1) is 12.7. The van der Waals surface area contributed by atoms with Crippen molar-refractivity contribution in [2.45, 2.75) is 50.5 Å². The summed E-state index contributed by atoms with van der Waals surface area (Å²) in [5.41, 5.74) is 5.77. The Bertz CT molecular complexity index is 278. The van der Waals surface area contributed by atoms with Crippen molar-refractivity contribution in [1.29, 1.82) is 0 Å². The van der Waals surface area contributed by atoms with Gasteiger partial charge in [0.05, 0.1) is 0 Å². The second kappa shape index (κ2) is 4.88. The van der Waals surface area contributed by atoms with Crippen molar-refractivity contribution in [3.63, 3.8) is 0 Å². The predicted molar refractivity (Wildman–Crippen MR) is 60.7 cm³/mol. The van der Waals surface area contributed by atoms with Gasteiger partial charge in [0.15, 0.2) is 0 Å². The molecule has 0 radical (unpaired) electrons. The van der Waals surface area contributed by atoms with Crippen LogP contribution in [0.25, 0.3) is 0 Å². The van der Waals surface area contributed by atoms with Crippen LogP contribution in [0.5, 0.6) is 0 Å². The Morgan fingerprint density at radius 3 is 2.18 bits per heavy atom. The second-order valence-corrected chi connectivity index (χ2v) is 5.29. The summed E-state index contributed by atoms with van der Waals surface area (Å²) in [5, 5.41) is 0. The second-order valence-electron chi connectivity index (χ2n) is 5.29. The van der Waals surface area contributed by atoms with Crippen molar-refractivity contribution in [1.82, 2.24) is 4.90 Å². The van der Waals surface area contributed by atoms with Crippen LogP contribution in [-0.2, 0) is 4.79 Å². The number of halogens is 2. The molecule has 3 nitrogen and oxygen atoms in total. The molecule has 0 unspecified atom stereocenters. The molecule has 1 heterocycles. The number of hydrogen-bond donors (Lipinski definition) is 1. The zero-order valence-electron chi connectivity index (χ0n) is 10.0. The molecule has 1 saturated heterocycles. The van der Waals surface area contributed by atoms with Gasteiger partial charge >= 0.3 is 0 Å². The number of carbonyl (C=O) groups is 1. The molecule has 2 fully saturated rings. The molecule has 0 aromatic carbocycles. The molecular formula is C12H20F2N2O. The van der Waals surface area contributed by atoms with Gasteiger partial charge in [0.2, 0.25) is 11.8 Å². The number of carbonyl (C=O) groups excluding carboxylic acids is 1. The van der Waals surface area contributed by atoms with Gasteiger partial charge in [-0.1, -0.05) is 0 Å². The van der Waals surface area contributed by atoms with Crippen molar-refractivity contribution in [2.24, 2.45) is 11.7 Å². The van der Waals surface area contributed by atoms with Crippen LogP contribution in [-0.4, -0.2) is 35.9 Å². The minimum Gasteiger partial charge on any atom is -0.342 e. The van der Waals surface area contributed by atoms with E-state index >= 15 is 0 Å². The first-order valence-electron chi connectivity index (χ1n) is 6.40. The summed E-state index contributed by atoms with van der Waals surface area (Å²) >= 11 is 0. The molecular weight excluding hydrogens is 226 g/mol. The molecule has 5 heteroatoms. The van der Waals surface area contributed by atoms with Crippen molar-refractivity contribution in [2.75, 3.05) is 13.1 Å². The van der Waals surface area contributed by atoms with E-state index < -0.39 is 5.92 Å². The quantitative estimate of drug-likeness (QED) is 0.766. The van der Waals surface area contributed by atoms with Gasteiger partial charge in [-0.15, -0.1) is 0 Å². The molecule has 1 aliphatic heterocycles. The van der Waals surface area contributed by atoms with E-state index in [0.29, 0.717) is 25.9 Å². The van der Waals surface area contributed by atoms with Crippen LogP contribution in [0.2, 0.25) is 0 Å². The Labute approximate surface area is 100 Å². The largest absolute Gasteiger partial charge is 0.342 e. The van der Waals surface area contributed by atoms with Gasteiger partial charge in [0.1, 0.15) is 0 Å². The van der Waals surface area contributed by atoms with E-state index in [2.05, 4.69) is 0 Å². The van der Waals surface area contributed by atoms with Gasteiger partial charge in [-0.05, 0) is 25.7 Å². The Kier molecular flexibility index (Phi) is 3.66. The Morgan fingerprint density at radius 1 is 1.12 bits per heavy atom. The van der Waals surface area contributed by atoms with Crippen LogP contribution in [0, 0.1) is 5.92 Å². The lowest BCUT2D eigenvalue weighted by Gasteiger charge is -2.35. The molecule has 2 aliphatic rings. The molecule has 0 bridgehead atoms. The normalized spacial score (nSPS) is 27.1. The molecule has 1 saturated carbocycles. The Hall–Kier alpha value is -0.710. The summed E-state index contributed by atoms with van der Waals surface area (Å²) in [6, 6.07) is 0.190. The Balaban J connectivity index is 1.84. The summed E-state index contributed by atoms with van der Waals surface area (Å²) in [6.45, 7) is 1.37. The minimum atomic E-state index is -2.55. The first-order valence-corrected chi connectivity index (χ1v) is 6.40. The maximum absolute atomic E-state index is 13.0. The molecule has 17 heavy (non-hydrogen) atoms. The fourth-order valence-electron chi connectivity index (χ4n) is 2.67. The molecule has 2 rings (SSSR count). The van der Waals surface area contributed by atoms with Crippen molar-refractivity contribution >= 4 is 5.91 Å². The summed E-state index contributed by atoms with van der Waals surface area (Å²) < 4.78 is 26.0. The highest BCUT2D eigenvalue weighted by atomic mass is 19.3. The fraction of sp³-hybridized carbons (Fsp3) is 0.917. The third kappa shape index (κ3) is 3.15. The maximum Gasteiger partial charge on any atom is 0.248 e. The van der Waals surface area contributed by atoms with Crippen LogP contribution >= 0.6 is 0 Å². The lowest BCUT2D eigenvalue weighted by atomic mass is 9.85. The fourth-order valence-corrected chi connectivity index (χ4v) is 2.67. The van der Waals surface area contributed by atoms with E-state index in [1.807, 2.05) is 0 Å². The van der Waals surface area contributed by atoms with E-state index in [4.69, 9.17) is 5.73 Å². The summed E-state index contributed by atoms with van der Waals surface area (Å²) in [7, 11) is 0. The predicted octanol–water partition coefficient (Wildman–Crippen LogP) is 1.76. The average molecular weight is 246 g/mol. The number of hydrogen-bond acceptors (Lipinski definition) is 2. The number of amides is 1. The topological polar surface area (TPSA) is 46.3 Å². The van der Waals surface area contributed by atoms with E-state index in [1.165, 1.54) is 0 Å². The lowest BCUT2D eigenvalue weighted by molar-refractivity contribution is -0.140. The average Bonchev–Trinajstić information content (AvgIpc) is 2.29. The molecule has 2 N–H and O–H groups in total. The number of rotatable bonds is 1. The molecule has 0 aromatic heterocycles. The van der Waals surface area contributed by atoms with Gasteiger partial charge in [-0.3, -0.25) is 4.79 Å². The van der Waals surface area contributed by atoms with Crippen LogP contribution in [0.3, 0.4) is 0 Å². The smallest absolute Gasteiger partial charge is 0.248 e. The van der Waals surface area contributed by atoms with Crippen LogP contribution in [0.1, 0.15) is 38.5 Å². The molecule has 0 atom stereocenters. The van der Waals surface area contributed by atoms with E-state index in [9.17, 15) is 13.6 Å². The molecule has 98 valence electrons. The SMILES string of the molecule is NC1CCN(C(=O)C2CCC(F)(F)CC2)CC1. The molecule has 0 aromatic rings. The highest BCUT2D eigenvalue weighted by Gasteiger charge is 2.38. The van der Waals surface area contributed by atoms with E-state index in [-0.39, 0.29) is 30.7 Å². The zero-order valence-corrected chi connectivity index (χ0v) is 10.0. The first-order chi connectivity index (χ1) is 7.98. The van der Waals surface area contributed by atoms with Gasteiger partial charge in [-0.25, -0.2) is 8.78 Å². The number of piperidine rings is 1. The van der Waals surface area contributed by atoms with Gasteiger partial charge in [-0.2, -0.15) is 0 Å². The lowest BCUT2D eigenvalue weighted by Crippen LogP contribution is -2.46. The highest BCUT2D eigenvalue weighted by Crippen LogP contribution is 2.37. The highest BCUT2D eigenvalue weighted by molar-refractivity contribution is 5.79. The summed E-state index contributed by atoms with van der Waals surface area (Å²) in [5.74, 6) is -2.68. The monoisotopic (exact) mass is 246 g/mol. The maximum atomic E-state index is 13.0. The van der Waals surface area contributed by atoms with Crippen molar-refractivity contribution in [3.8, 4) is 0 Å². The van der Waals surface area contributed by atoms with Gasteiger partial charge in [0.25, 0.3) is 0 Å². The zero-order chi connectivity index (χ0) is 12.5. The number of likely N-dealkylation sites (tertiary alicyclic amines) is 1. The van der Waals surface area contributed by atoms with Crippen molar-refractivity contribution < 1.29 is 13.6 Å². The summed E-state index contributed by atoms with van der Waals surface area (Å²) in [4.78, 5) is 13.9. The van der Waals surface area contributed by atoms with Crippen molar-refractivity contribution in [3.05, 3.63) is 0 Å². The van der Waals surface area contributed by atoms with Crippen LogP contribution < -0.4 is 5.73 Å².